The summed E-state index contributed by atoms with van der Waals surface area (Å²) in [6.45, 7) is 1.87. The molecule has 0 aliphatic carbocycles. The molecule has 0 spiro atoms. The van der Waals surface area contributed by atoms with Crippen molar-refractivity contribution in [2.45, 2.75) is 19.4 Å². The molecule has 0 saturated heterocycles. The maximum Gasteiger partial charge on any atom is 0.271 e. The number of nitrogens with zero attached hydrogens (tertiary/aromatic N) is 1. The Balaban J connectivity index is 2.50. The van der Waals surface area contributed by atoms with Crippen LogP contribution < -0.4 is 5.32 Å². The van der Waals surface area contributed by atoms with E-state index in [0.29, 0.717) is 12.1 Å². The number of aliphatic hydroxyl groups is 1. The number of carbonyl (C=O) groups is 1. The van der Waals surface area contributed by atoms with Crippen LogP contribution in [-0.2, 0) is 0 Å². The summed E-state index contributed by atoms with van der Waals surface area (Å²) in [5.41, 5.74) is 2.02. The van der Waals surface area contributed by atoms with Crippen LogP contribution in [0, 0.1) is 0 Å². The molecular formula is C8H12N2O2S. The number of amides is 1. The zero-order valence-corrected chi connectivity index (χ0v) is 8.17. The van der Waals surface area contributed by atoms with Crippen LogP contribution in [0.4, 0.5) is 0 Å². The molecule has 0 radical (unpaired) electrons. The molecule has 1 unspecified atom stereocenters. The first-order chi connectivity index (χ1) is 6.27. The average molecular weight is 200 g/mol. The van der Waals surface area contributed by atoms with Crippen LogP contribution in [0.3, 0.4) is 0 Å². The highest BCUT2D eigenvalue weighted by molar-refractivity contribution is 7.07. The van der Waals surface area contributed by atoms with Crippen molar-refractivity contribution in [1.82, 2.24) is 10.3 Å². The van der Waals surface area contributed by atoms with E-state index in [1.807, 2.05) is 6.92 Å². The summed E-state index contributed by atoms with van der Waals surface area (Å²) >= 11 is 1.38. The minimum absolute atomic E-state index is 0.0353. The molecule has 1 aromatic rings. The van der Waals surface area contributed by atoms with Gasteiger partial charge in [0.2, 0.25) is 0 Å². The lowest BCUT2D eigenvalue weighted by Gasteiger charge is -2.12. The molecule has 72 valence electrons. The Kier molecular flexibility index (Phi) is 3.85. The number of hydrogen-bond acceptors (Lipinski definition) is 4. The van der Waals surface area contributed by atoms with Crippen molar-refractivity contribution in [3.05, 3.63) is 16.6 Å². The van der Waals surface area contributed by atoms with Gasteiger partial charge < -0.3 is 10.4 Å². The third kappa shape index (κ3) is 2.78. The quantitative estimate of drug-likeness (QED) is 0.750. The fourth-order valence-electron chi connectivity index (χ4n) is 0.861. The number of aromatic nitrogens is 1. The number of rotatable bonds is 4. The van der Waals surface area contributed by atoms with E-state index in [9.17, 15) is 4.79 Å². The standard InChI is InChI=1S/C8H12N2O2S/c1-2-6(3-11)10-8(12)7-4-13-5-9-7/h4-6,11H,2-3H2,1H3,(H,10,12). The summed E-state index contributed by atoms with van der Waals surface area (Å²) in [4.78, 5) is 15.2. The molecule has 5 heteroatoms. The molecule has 0 aromatic carbocycles. The number of nitrogens with one attached hydrogen (secondary N) is 1. The SMILES string of the molecule is CCC(CO)NC(=O)c1cscn1. The predicted molar refractivity (Wildman–Crippen MR) is 50.7 cm³/mol. The zero-order chi connectivity index (χ0) is 9.68. The molecule has 2 N–H and O–H groups in total. The van der Waals surface area contributed by atoms with Crippen molar-refractivity contribution in [1.29, 1.82) is 0 Å². The summed E-state index contributed by atoms with van der Waals surface area (Å²) in [5.74, 6) is -0.220. The number of thiazole rings is 1. The maximum absolute atomic E-state index is 11.4. The minimum Gasteiger partial charge on any atom is -0.394 e. The Hall–Kier alpha value is -0.940. The Morgan fingerprint density at radius 3 is 3.08 bits per heavy atom. The summed E-state index contributed by atoms with van der Waals surface area (Å²) in [5, 5.41) is 13.2. The van der Waals surface area contributed by atoms with E-state index in [-0.39, 0.29) is 18.6 Å². The molecular weight excluding hydrogens is 188 g/mol. The van der Waals surface area contributed by atoms with Gasteiger partial charge in [-0.1, -0.05) is 6.92 Å². The molecule has 13 heavy (non-hydrogen) atoms. The van der Waals surface area contributed by atoms with E-state index < -0.39 is 0 Å². The molecule has 0 bridgehead atoms. The van der Waals surface area contributed by atoms with Crippen molar-refractivity contribution in [3.8, 4) is 0 Å². The second kappa shape index (κ2) is 4.94. The Labute approximate surface area is 80.6 Å². The fraction of sp³-hybridized carbons (Fsp3) is 0.500. The van der Waals surface area contributed by atoms with Gasteiger partial charge in [-0.2, -0.15) is 0 Å². The van der Waals surface area contributed by atoms with Gasteiger partial charge in [-0.15, -0.1) is 11.3 Å². The van der Waals surface area contributed by atoms with Gasteiger partial charge in [0, 0.05) is 5.38 Å². The van der Waals surface area contributed by atoms with E-state index in [1.165, 1.54) is 11.3 Å². The van der Waals surface area contributed by atoms with Crippen molar-refractivity contribution in [2.75, 3.05) is 6.61 Å². The zero-order valence-electron chi connectivity index (χ0n) is 7.36. The van der Waals surface area contributed by atoms with Gasteiger partial charge in [0.1, 0.15) is 5.69 Å². The van der Waals surface area contributed by atoms with Gasteiger partial charge in [-0.3, -0.25) is 4.79 Å². The largest absolute Gasteiger partial charge is 0.394 e. The maximum atomic E-state index is 11.4. The van der Waals surface area contributed by atoms with Crippen LogP contribution in [0.5, 0.6) is 0 Å². The first-order valence-electron chi connectivity index (χ1n) is 4.07. The third-order valence-corrected chi connectivity index (χ3v) is 2.30. The van der Waals surface area contributed by atoms with Gasteiger partial charge >= 0.3 is 0 Å². The summed E-state index contributed by atoms with van der Waals surface area (Å²) in [6.07, 6.45) is 0.715. The van der Waals surface area contributed by atoms with Gasteiger partial charge in [0.15, 0.2) is 0 Å². The predicted octanol–water partition coefficient (Wildman–Crippen LogP) is 0.644. The molecule has 0 aliphatic heterocycles. The first-order valence-corrected chi connectivity index (χ1v) is 5.02. The van der Waals surface area contributed by atoms with E-state index >= 15 is 0 Å². The molecule has 4 nitrogen and oxygen atoms in total. The highest BCUT2D eigenvalue weighted by Gasteiger charge is 2.11. The topological polar surface area (TPSA) is 62.2 Å². The summed E-state index contributed by atoms with van der Waals surface area (Å²) in [7, 11) is 0. The Morgan fingerprint density at radius 2 is 2.62 bits per heavy atom. The Bertz CT molecular complexity index is 257. The second-order valence-corrected chi connectivity index (χ2v) is 3.35. The van der Waals surface area contributed by atoms with Crippen LogP contribution in [0.1, 0.15) is 23.8 Å². The van der Waals surface area contributed by atoms with E-state index in [1.54, 1.807) is 10.9 Å². The fourth-order valence-corrected chi connectivity index (χ4v) is 1.39. The second-order valence-electron chi connectivity index (χ2n) is 2.63. The van der Waals surface area contributed by atoms with Crippen molar-refractivity contribution in [3.63, 3.8) is 0 Å². The molecule has 1 aromatic heterocycles. The van der Waals surface area contributed by atoms with E-state index in [0.717, 1.165) is 0 Å². The Morgan fingerprint density at radius 1 is 1.85 bits per heavy atom. The molecule has 0 saturated carbocycles. The minimum atomic E-state index is -0.220. The molecule has 1 atom stereocenters. The van der Waals surface area contributed by atoms with Gasteiger partial charge in [0.05, 0.1) is 18.2 Å². The smallest absolute Gasteiger partial charge is 0.271 e. The van der Waals surface area contributed by atoms with Gasteiger partial charge in [-0.05, 0) is 6.42 Å². The molecule has 1 heterocycles. The van der Waals surface area contributed by atoms with Crippen LogP contribution in [-0.4, -0.2) is 28.6 Å². The highest BCUT2D eigenvalue weighted by Crippen LogP contribution is 2.01. The monoisotopic (exact) mass is 200 g/mol. The van der Waals surface area contributed by atoms with Crippen LogP contribution in [0.15, 0.2) is 10.9 Å². The summed E-state index contributed by atoms with van der Waals surface area (Å²) < 4.78 is 0. The van der Waals surface area contributed by atoms with Gasteiger partial charge in [-0.25, -0.2) is 4.98 Å². The lowest BCUT2D eigenvalue weighted by Crippen LogP contribution is -2.37. The van der Waals surface area contributed by atoms with Crippen molar-refractivity contribution in [2.24, 2.45) is 0 Å². The number of aliphatic hydroxyl groups excluding tert-OH is 1. The number of hydrogen-bond donors (Lipinski definition) is 2. The van der Waals surface area contributed by atoms with Crippen LogP contribution in [0.25, 0.3) is 0 Å². The lowest BCUT2D eigenvalue weighted by molar-refractivity contribution is 0.0910. The van der Waals surface area contributed by atoms with E-state index in [2.05, 4.69) is 10.3 Å². The molecule has 1 rings (SSSR count). The summed E-state index contributed by atoms with van der Waals surface area (Å²) in [6, 6.07) is -0.172. The number of carbonyl (C=O) groups excluding carboxylic acids is 1. The molecule has 0 aliphatic rings. The van der Waals surface area contributed by atoms with E-state index in [4.69, 9.17) is 5.11 Å². The van der Waals surface area contributed by atoms with Crippen molar-refractivity contribution >= 4 is 17.2 Å². The first kappa shape index (κ1) is 10.1. The highest BCUT2D eigenvalue weighted by atomic mass is 32.1. The molecule has 1 amide bonds. The lowest BCUT2D eigenvalue weighted by atomic mass is 10.2. The molecule has 0 fully saturated rings. The van der Waals surface area contributed by atoms with Crippen molar-refractivity contribution < 1.29 is 9.90 Å². The average Bonchev–Trinajstić information content (AvgIpc) is 2.66. The van der Waals surface area contributed by atoms with Crippen LogP contribution in [0.2, 0.25) is 0 Å². The van der Waals surface area contributed by atoms with Gasteiger partial charge in [0.25, 0.3) is 5.91 Å². The third-order valence-electron chi connectivity index (χ3n) is 1.71. The normalized spacial score (nSPS) is 12.5. The van der Waals surface area contributed by atoms with Crippen LogP contribution >= 0.6 is 11.3 Å².